The summed E-state index contributed by atoms with van der Waals surface area (Å²) in [5, 5.41) is 14.4. The fraction of sp³-hybridized carbons (Fsp3) is 0.333. The first-order valence-corrected chi connectivity index (χ1v) is 6.98. The lowest BCUT2D eigenvalue weighted by atomic mass is 9.91. The maximum Gasteiger partial charge on any atom is 0.343 e. The number of pyridine rings is 1. The van der Waals surface area contributed by atoms with Gasteiger partial charge in [-0.15, -0.1) is 0 Å². The van der Waals surface area contributed by atoms with Crippen LogP contribution in [0.1, 0.15) is 34.0 Å². The Morgan fingerprint density at radius 3 is 2.62 bits per heavy atom. The highest BCUT2D eigenvalue weighted by molar-refractivity contribution is 5.92. The topological polar surface area (TPSA) is 124 Å². The second-order valence-electron chi connectivity index (χ2n) is 5.00. The van der Waals surface area contributed by atoms with Crippen LogP contribution in [-0.2, 0) is 21.3 Å². The highest BCUT2D eigenvalue weighted by Gasteiger charge is 2.29. The van der Waals surface area contributed by atoms with Gasteiger partial charge in [-0.1, -0.05) is 0 Å². The van der Waals surface area contributed by atoms with Gasteiger partial charge in [0, 0.05) is 31.1 Å². The van der Waals surface area contributed by atoms with Crippen molar-refractivity contribution in [3.8, 4) is 5.75 Å². The lowest BCUT2D eigenvalue weighted by molar-refractivity contribution is -0.140. The molecule has 9 heteroatoms. The number of hydrogen-bond acceptors (Lipinski definition) is 7. The molecule has 0 saturated carbocycles. The summed E-state index contributed by atoms with van der Waals surface area (Å²) in [5.74, 6) is -2.78. The highest BCUT2D eigenvalue weighted by atomic mass is 16.5. The first-order chi connectivity index (χ1) is 11.4. The summed E-state index contributed by atoms with van der Waals surface area (Å²) in [6.07, 6.45) is 2.34. The molecule has 9 nitrogen and oxygen atoms in total. The third-order valence-electron chi connectivity index (χ3n) is 3.67. The highest BCUT2D eigenvalue weighted by Crippen LogP contribution is 2.33. The van der Waals surface area contributed by atoms with Crippen molar-refractivity contribution in [3.05, 3.63) is 45.6 Å². The first-order valence-electron chi connectivity index (χ1n) is 6.98. The Labute approximate surface area is 136 Å². The van der Waals surface area contributed by atoms with E-state index in [0.717, 1.165) is 13.3 Å². The van der Waals surface area contributed by atoms with Crippen LogP contribution >= 0.6 is 0 Å². The molecule has 1 atom stereocenters. The second kappa shape index (κ2) is 6.99. The van der Waals surface area contributed by atoms with Gasteiger partial charge in [0.05, 0.1) is 26.2 Å². The van der Waals surface area contributed by atoms with E-state index < -0.39 is 29.2 Å². The molecule has 24 heavy (non-hydrogen) atoms. The van der Waals surface area contributed by atoms with Crippen LogP contribution in [0.5, 0.6) is 5.75 Å². The number of carbonyl (C=O) groups is 2. The van der Waals surface area contributed by atoms with E-state index in [1.54, 1.807) is 13.1 Å². The number of rotatable bonds is 5. The molecule has 2 aromatic rings. The van der Waals surface area contributed by atoms with Crippen LogP contribution in [0.4, 0.5) is 0 Å². The van der Waals surface area contributed by atoms with Crippen molar-refractivity contribution in [1.82, 2.24) is 14.8 Å². The van der Waals surface area contributed by atoms with Crippen LogP contribution in [0.3, 0.4) is 0 Å². The number of aromatic amines is 1. The minimum atomic E-state index is -0.849. The molecular formula is C15H17N3O6. The van der Waals surface area contributed by atoms with E-state index in [1.165, 1.54) is 18.0 Å². The van der Waals surface area contributed by atoms with Crippen LogP contribution in [0.25, 0.3) is 0 Å². The summed E-state index contributed by atoms with van der Waals surface area (Å²) >= 11 is 0. The van der Waals surface area contributed by atoms with Gasteiger partial charge >= 0.3 is 11.9 Å². The molecule has 128 valence electrons. The SMILES string of the molecule is COC(=O)CC(c1c(O)c(C(=O)OC)c[nH]c1=O)c1ccnn1C. The summed E-state index contributed by atoms with van der Waals surface area (Å²) in [4.78, 5) is 38.2. The lowest BCUT2D eigenvalue weighted by Gasteiger charge is -2.18. The number of hydrogen-bond donors (Lipinski definition) is 2. The van der Waals surface area contributed by atoms with Gasteiger partial charge in [-0.05, 0) is 6.07 Å². The minimum absolute atomic E-state index is 0.132. The molecule has 2 N–H and O–H groups in total. The number of esters is 2. The van der Waals surface area contributed by atoms with Crippen molar-refractivity contribution >= 4 is 11.9 Å². The Morgan fingerprint density at radius 2 is 2.08 bits per heavy atom. The van der Waals surface area contributed by atoms with E-state index in [1.807, 2.05) is 0 Å². The third kappa shape index (κ3) is 3.14. The number of H-pyrrole nitrogens is 1. The van der Waals surface area contributed by atoms with E-state index in [-0.39, 0.29) is 17.5 Å². The number of nitrogens with one attached hydrogen (secondary N) is 1. The van der Waals surface area contributed by atoms with E-state index in [9.17, 15) is 19.5 Å². The summed E-state index contributed by atoms with van der Waals surface area (Å²) in [6.45, 7) is 0. The predicted molar refractivity (Wildman–Crippen MR) is 81.8 cm³/mol. The van der Waals surface area contributed by atoms with Gasteiger partial charge in [0.1, 0.15) is 11.3 Å². The van der Waals surface area contributed by atoms with Crippen molar-refractivity contribution in [3.63, 3.8) is 0 Å². The molecule has 0 radical (unpaired) electrons. The molecule has 0 saturated heterocycles. The van der Waals surface area contributed by atoms with Crippen molar-refractivity contribution in [2.75, 3.05) is 14.2 Å². The summed E-state index contributed by atoms with van der Waals surface area (Å²) in [7, 11) is 4.01. The number of ether oxygens (including phenoxy) is 2. The molecule has 0 aromatic carbocycles. The van der Waals surface area contributed by atoms with Crippen molar-refractivity contribution in [2.45, 2.75) is 12.3 Å². The second-order valence-corrected chi connectivity index (χ2v) is 5.00. The van der Waals surface area contributed by atoms with E-state index in [2.05, 4.69) is 19.6 Å². The van der Waals surface area contributed by atoms with Crippen LogP contribution in [0.15, 0.2) is 23.3 Å². The molecule has 1 unspecified atom stereocenters. The zero-order valence-electron chi connectivity index (χ0n) is 13.4. The van der Waals surface area contributed by atoms with E-state index in [0.29, 0.717) is 5.69 Å². The third-order valence-corrected chi connectivity index (χ3v) is 3.67. The molecule has 0 amide bonds. The maximum atomic E-state index is 12.3. The molecule has 0 bridgehead atoms. The number of carbonyl (C=O) groups excluding carboxylic acids is 2. The minimum Gasteiger partial charge on any atom is -0.506 e. The van der Waals surface area contributed by atoms with Crippen LogP contribution in [-0.4, -0.2) is 46.0 Å². The van der Waals surface area contributed by atoms with Gasteiger partial charge in [0.15, 0.2) is 0 Å². The Morgan fingerprint density at radius 1 is 1.38 bits per heavy atom. The molecular weight excluding hydrogens is 318 g/mol. The smallest absolute Gasteiger partial charge is 0.343 e. The van der Waals surface area contributed by atoms with Gasteiger partial charge in [0.2, 0.25) is 0 Å². The summed E-state index contributed by atoms with van der Waals surface area (Å²) in [6, 6.07) is 1.61. The van der Waals surface area contributed by atoms with Crippen molar-refractivity contribution in [2.24, 2.45) is 7.05 Å². The average Bonchev–Trinajstić information content (AvgIpc) is 2.99. The monoisotopic (exact) mass is 335 g/mol. The molecule has 0 spiro atoms. The van der Waals surface area contributed by atoms with E-state index >= 15 is 0 Å². The zero-order chi connectivity index (χ0) is 17.9. The van der Waals surface area contributed by atoms with E-state index in [4.69, 9.17) is 0 Å². The molecule has 2 rings (SSSR count). The predicted octanol–water partition coefficient (Wildman–Crippen LogP) is 0.296. The Balaban J connectivity index is 2.66. The first kappa shape index (κ1) is 17.3. The molecule has 0 aliphatic rings. The number of aryl methyl sites for hydroxylation is 1. The maximum absolute atomic E-state index is 12.3. The summed E-state index contributed by atoms with van der Waals surface area (Å²) < 4.78 is 10.7. The Hall–Kier alpha value is -3.10. The zero-order valence-corrected chi connectivity index (χ0v) is 13.4. The number of aromatic hydroxyl groups is 1. The van der Waals surface area contributed by atoms with Crippen LogP contribution in [0.2, 0.25) is 0 Å². The van der Waals surface area contributed by atoms with Gasteiger partial charge in [-0.25, -0.2) is 4.79 Å². The fourth-order valence-electron chi connectivity index (χ4n) is 2.46. The molecule has 0 aliphatic heterocycles. The number of methoxy groups -OCH3 is 2. The van der Waals surface area contributed by atoms with Gasteiger partial charge in [-0.3, -0.25) is 14.3 Å². The standard InChI is InChI=1S/C15H17N3O6/c1-18-10(4-5-17-18)8(6-11(19)23-2)12-13(20)9(15(22)24-3)7-16-14(12)21/h4-5,7-8H,6H2,1-3H3,(H2,16,20,21). The lowest BCUT2D eigenvalue weighted by Crippen LogP contribution is -2.23. The molecule has 0 aliphatic carbocycles. The normalized spacial score (nSPS) is 11.8. The molecule has 2 aromatic heterocycles. The van der Waals surface area contributed by atoms with Crippen molar-refractivity contribution in [1.29, 1.82) is 0 Å². The molecule has 2 heterocycles. The van der Waals surface area contributed by atoms with Gasteiger partial charge in [-0.2, -0.15) is 5.10 Å². The Bertz CT molecular complexity index is 823. The quantitative estimate of drug-likeness (QED) is 0.753. The van der Waals surface area contributed by atoms with Crippen molar-refractivity contribution < 1.29 is 24.2 Å². The number of aromatic nitrogens is 3. The van der Waals surface area contributed by atoms with Crippen LogP contribution < -0.4 is 5.56 Å². The van der Waals surface area contributed by atoms with Gasteiger partial charge in [0.25, 0.3) is 5.56 Å². The Kier molecular flexibility index (Phi) is 5.02. The van der Waals surface area contributed by atoms with Crippen LogP contribution in [0, 0.1) is 0 Å². The average molecular weight is 335 g/mol. The summed E-state index contributed by atoms with van der Waals surface area (Å²) in [5.41, 5.74) is -0.463. The number of nitrogens with zero attached hydrogens (tertiary/aromatic N) is 2. The van der Waals surface area contributed by atoms with Gasteiger partial charge < -0.3 is 19.6 Å². The largest absolute Gasteiger partial charge is 0.506 e. The molecule has 0 fully saturated rings. The fourth-order valence-corrected chi connectivity index (χ4v) is 2.46.